The lowest BCUT2D eigenvalue weighted by atomic mass is 10.2. The molecule has 0 saturated carbocycles. The lowest BCUT2D eigenvalue weighted by molar-refractivity contribution is -0.142. The second-order valence-corrected chi connectivity index (χ2v) is 6.81. The molecule has 3 aromatic rings. The van der Waals surface area contributed by atoms with E-state index >= 15 is 0 Å². The van der Waals surface area contributed by atoms with Crippen LogP contribution in [0, 0.1) is 6.92 Å². The summed E-state index contributed by atoms with van der Waals surface area (Å²) in [7, 11) is 0. The van der Waals surface area contributed by atoms with Gasteiger partial charge in [-0.15, -0.1) is 0 Å². The molecule has 32 heavy (non-hydrogen) atoms. The molecule has 0 N–H and O–H groups in total. The van der Waals surface area contributed by atoms with Crippen LogP contribution in [-0.2, 0) is 12.7 Å². The van der Waals surface area contributed by atoms with Gasteiger partial charge < -0.3 is 9.32 Å². The van der Waals surface area contributed by atoms with Crippen LogP contribution >= 0.6 is 0 Å². The van der Waals surface area contributed by atoms with Gasteiger partial charge in [0.1, 0.15) is 12.3 Å². The zero-order valence-corrected chi connectivity index (χ0v) is 16.4. The minimum absolute atomic E-state index is 0.0351. The number of hydrogen-bond acceptors (Lipinski definition) is 4. The third-order valence-corrected chi connectivity index (χ3v) is 4.31. The Hall–Kier alpha value is -3.57. The van der Waals surface area contributed by atoms with Gasteiger partial charge in [0.05, 0.1) is 24.1 Å². The first-order chi connectivity index (χ1) is 14.8. The first-order valence-corrected chi connectivity index (χ1v) is 9.02. The maximum Gasteiger partial charge on any atom is 0.416 e. The van der Waals surface area contributed by atoms with Crippen molar-refractivity contribution in [2.45, 2.75) is 25.8 Å². The summed E-state index contributed by atoms with van der Waals surface area (Å²) >= 11 is 0. The number of furan rings is 1. The fourth-order valence-corrected chi connectivity index (χ4v) is 2.93. The number of aryl methyl sites for hydroxylation is 1. The van der Waals surface area contributed by atoms with E-state index in [4.69, 9.17) is 4.42 Å². The number of carbonyl (C=O) groups is 1. The number of halogens is 6. The first-order valence-electron chi connectivity index (χ1n) is 9.02. The number of aromatic nitrogens is 2. The Kier molecular flexibility index (Phi) is 6.15. The zero-order chi connectivity index (χ0) is 23.7. The maximum absolute atomic E-state index is 13.0. The average Bonchev–Trinajstić information content (AvgIpc) is 3.18. The normalized spacial score (nSPS) is 12.1. The molecule has 2 heterocycles. The second-order valence-electron chi connectivity index (χ2n) is 6.81. The van der Waals surface area contributed by atoms with Crippen LogP contribution in [0.3, 0.4) is 0 Å². The molecule has 1 aromatic carbocycles. The number of carbonyl (C=O) groups excluding carboxylic acids is 1. The van der Waals surface area contributed by atoms with Gasteiger partial charge in [-0.1, -0.05) is 6.07 Å². The van der Waals surface area contributed by atoms with Crippen molar-refractivity contribution >= 4 is 5.91 Å². The third kappa shape index (κ3) is 5.37. The molecular formula is C20H15F6N3O3. The van der Waals surface area contributed by atoms with E-state index in [1.54, 1.807) is 0 Å². The highest BCUT2D eigenvalue weighted by Gasteiger charge is 2.35. The summed E-state index contributed by atoms with van der Waals surface area (Å²) < 4.78 is 84.1. The highest BCUT2D eigenvalue weighted by molar-refractivity contribution is 5.92. The van der Waals surface area contributed by atoms with Crippen LogP contribution in [0.15, 0.2) is 57.9 Å². The van der Waals surface area contributed by atoms with Crippen LogP contribution in [0.2, 0.25) is 0 Å². The van der Waals surface area contributed by atoms with E-state index in [0.717, 1.165) is 28.9 Å². The van der Waals surface area contributed by atoms with Gasteiger partial charge in [0.15, 0.2) is 5.69 Å². The van der Waals surface area contributed by atoms with Gasteiger partial charge in [0.25, 0.3) is 5.91 Å². The van der Waals surface area contributed by atoms with E-state index in [-0.39, 0.29) is 17.1 Å². The van der Waals surface area contributed by atoms with Crippen molar-refractivity contribution in [2.24, 2.45) is 0 Å². The van der Waals surface area contributed by atoms with E-state index < -0.39 is 48.0 Å². The second kappa shape index (κ2) is 8.52. The lowest BCUT2D eigenvalue weighted by Gasteiger charge is -2.23. The Morgan fingerprint density at radius 2 is 1.81 bits per heavy atom. The molecule has 0 atom stereocenters. The van der Waals surface area contributed by atoms with Gasteiger partial charge in [-0.05, 0) is 37.3 Å². The molecule has 0 radical (unpaired) electrons. The van der Waals surface area contributed by atoms with E-state index in [1.165, 1.54) is 31.4 Å². The number of rotatable bonds is 5. The van der Waals surface area contributed by atoms with E-state index in [2.05, 4.69) is 5.10 Å². The Balaban J connectivity index is 2.05. The minimum atomic E-state index is -4.78. The van der Waals surface area contributed by atoms with Crippen LogP contribution in [0.1, 0.15) is 27.5 Å². The Labute approximate surface area is 176 Å². The number of nitrogens with zero attached hydrogens (tertiary/aromatic N) is 3. The van der Waals surface area contributed by atoms with E-state index in [0.29, 0.717) is 4.90 Å². The van der Waals surface area contributed by atoms with Crippen molar-refractivity contribution in [3.8, 4) is 5.69 Å². The quantitative estimate of drug-likeness (QED) is 0.532. The van der Waals surface area contributed by atoms with Crippen LogP contribution < -0.4 is 5.43 Å². The molecule has 0 aliphatic heterocycles. The summed E-state index contributed by atoms with van der Waals surface area (Å²) in [5.74, 6) is -1.31. The minimum Gasteiger partial charge on any atom is -0.467 e. The van der Waals surface area contributed by atoms with Crippen molar-refractivity contribution in [1.82, 2.24) is 14.7 Å². The summed E-state index contributed by atoms with van der Waals surface area (Å²) in [5.41, 5.74) is -2.88. The third-order valence-electron chi connectivity index (χ3n) is 4.31. The summed E-state index contributed by atoms with van der Waals surface area (Å²) in [6, 6.07) is 7.60. The SMILES string of the molecule is Cc1cc(=O)c(C(=O)N(Cc2ccco2)CC(F)(F)F)nn1-c1cccc(C(F)(F)F)c1. The molecule has 0 spiro atoms. The molecule has 170 valence electrons. The highest BCUT2D eigenvalue weighted by atomic mass is 19.4. The van der Waals surface area contributed by atoms with Crippen molar-refractivity contribution < 1.29 is 35.6 Å². The predicted molar refractivity (Wildman–Crippen MR) is 99.1 cm³/mol. The van der Waals surface area contributed by atoms with Crippen LogP contribution in [0.5, 0.6) is 0 Å². The summed E-state index contributed by atoms with van der Waals surface area (Å²) in [5, 5.41) is 3.79. The van der Waals surface area contributed by atoms with Gasteiger partial charge >= 0.3 is 12.4 Å². The van der Waals surface area contributed by atoms with Crippen LogP contribution in [0.25, 0.3) is 5.69 Å². The van der Waals surface area contributed by atoms with Gasteiger partial charge in [-0.2, -0.15) is 31.4 Å². The monoisotopic (exact) mass is 459 g/mol. The Morgan fingerprint density at radius 3 is 2.41 bits per heavy atom. The van der Waals surface area contributed by atoms with Gasteiger partial charge in [0.2, 0.25) is 5.43 Å². The van der Waals surface area contributed by atoms with E-state index in [1.807, 2.05) is 0 Å². The molecule has 2 aromatic heterocycles. The summed E-state index contributed by atoms with van der Waals surface area (Å²) in [4.78, 5) is 25.5. The van der Waals surface area contributed by atoms with Crippen molar-refractivity contribution in [1.29, 1.82) is 0 Å². The molecule has 0 unspecified atom stereocenters. The lowest BCUT2D eigenvalue weighted by Crippen LogP contribution is -2.41. The number of amides is 1. The Bertz CT molecular complexity index is 1170. The molecule has 0 saturated heterocycles. The Morgan fingerprint density at radius 1 is 1.09 bits per heavy atom. The van der Waals surface area contributed by atoms with Gasteiger partial charge in [-0.25, -0.2) is 4.68 Å². The molecule has 0 bridgehead atoms. The molecule has 1 amide bonds. The zero-order valence-electron chi connectivity index (χ0n) is 16.4. The highest BCUT2D eigenvalue weighted by Crippen LogP contribution is 2.30. The maximum atomic E-state index is 13.0. The molecule has 6 nitrogen and oxygen atoms in total. The molecule has 0 aliphatic carbocycles. The smallest absolute Gasteiger partial charge is 0.416 e. The largest absolute Gasteiger partial charge is 0.467 e. The van der Waals surface area contributed by atoms with Crippen molar-refractivity contribution in [3.63, 3.8) is 0 Å². The number of hydrogen-bond donors (Lipinski definition) is 0. The van der Waals surface area contributed by atoms with Crippen LogP contribution in [0.4, 0.5) is 26.3 Å². The topological polar surface area (TPSA) is 68.3 Å². The van der Waals surface area contributed by atoms with Gasteiger partial charge in [0, 0.05) is 11.8 Å². The standard InChI is InChI=1S/C20H15F6N3O3/c1-12-8-16(30)17(27-29(12)14-5-2-4-13(9-14)20(24,25)26)18(31)28(11-19(21,22)23)10-15-6-3-7-32-15/h2-9H,10-11H2,1H3. The van der Waals surface area contributed by atoms with Gasteiger partial charge in [-0.3, -0.25) is 9.59 Å². The fourth-order valence-electron chi connectivity index (χ4n) is 2.93. The van der Waals surface area contributed by atoms with Crippen LogP contribution in [-0.4, -0.2) is 33.3 Å². The summed E-state index contributed by atoms with van der Waals surface area (Å²) in [6.45, 7) is -0.922. The van der Waals surface area contributed by atoms with Crippen molar-refractivity contribution in [3.05, 3.63) is 81.7 Å². The number of benzene rings is 1. The fraction of sp³-hybridized carbons (Fsp3) is 0.250. The molecule has 0 aliphatic rings. The molecular weight excluding hydrogens is 444 g/mol. The average molecular weight is 459 g/mol. The molecule has 3 rings (SSSR count). The van der Waals surface area contributed by atoms with Crippen molar-refractivity contribution in [2.75, 3.05) is 6.54 Å². The molecule has 12 heteroatoms. The molecule has 0 fully saturated rings. The summed E-state index contributed by atoms with van der Waals surface area (Å²) in [6.07, 6.45) is -8.24. The van der Waals surface area contributed by atoms with E-state index in [9.17, 15) is 35.9 Å². The number of alkyl halides is 6. The first kappa shape index (κ1) is 23.1. The predicted octanol–water partition coefficient (Wildman–Crippen LogP) is 4.36.